The second-order valence-corrected chi connectivity index (χ2v) is 3.74. The summed E-state index contributed by atoms with van der Waals surface area (Å²) >= 11 is 0. The Balaban J connectivity index is 2.13. The Bertz CT molecular complexity index is 577. The first-order valence-electron chi connectivity index (χ1n) is 5.31. The van der Waals surface area contributed by atoms with Crippen LogP contribution in [0.25, 0.3) is 0 Å². The molecule has 0 atom stereocenters. The zero-order valence-corrected chi connectivity index (χ0v) is 9.99. The maximum absolute atomic E-state index is 13.1. The third-order valence-corrected chi connectivity index (χ3v) is 2.42. The Labute approximate surface area is 103 Å². The van der Waals surface area contributed by atoms with Gasteiger partial charge in [0.25, 0.3) is 11.9 Å². The van der Waals surface area contributed by atoms with E-state index in [9.17, 15) is 9.18 Å². The molecule has 0 spiro atoms. The van der Waals surface area contributed by atoms with E-state index in [0.29, 0.717) is 11.3 Å². The lowest BCUT2D eigenvalue weighted by atomic mass is 10.2. The van der Waals surface area contributed by atoms with Gasteiger partial charge in [-0.05, 0) is 36.8 Å². The van der Waals surface area contributed by atoms with Gasteiger partial charge in [-0.3, -0.25) is 4.79 Å². The Kier molecular flexibility index (Phi) is 3.32. The van der Waals surface area contributed by atoms with Crippen LogP contribution in [-0.2, 0) is 0 Å². The number of furan rings is 1. The Morgan fingerprint density at radius 2 is 2.11 bits per heavy atom. The van der Waals surface area contributed by atoms with Gasteiger partial charge in [0.1, 0.15) is 5.82 Å². The highest BCUT2D eigenvalue weighted by Crippen LogP contribution is 2.18. The van der Waals surface area contributed by atoms with Crippen LogP contribution in [0.4, 0.5) is 10.1 Å². The molecule has 0 aliphatic heterocycles. The van der Waals surface area contributed by atoms with E-state index in [1.807, 2.05) is 0 Å². The maximum atomic E-state index is 13.1. The maximum Gasteiger partial charge on any atom is 0.291 e. The monoisotopic (exact) mass is 249 g/mol. The molecule has 94 valence electrons. The molecule has 1 heterocycles. The minimum absolute atomic E-state index is 0.133. The SMILES string of the molecule is COc1ccc(C(=O)Nc2ccc(F)c(C)c2)o1. The molecule has 0 aliphatic rings. The smallest absolute Gasteiger partial charge is 0.291 e. The van der Waals surface area contributed by atoms with Crippen molar-refractivity contribution in [2.24, 2.45) is 0 Å². The summed E-state index contributed by atoms with van der Waals surface area (Å²) in [5.74, 6) is -0.332. The molecule has 1 N–H and O–H groups in total. The quantitative estimate of drug-likeness (QED) is 0.909. The van der Waals surface area contributed by atoms with Crippen molar-refractivity contribution in [1.82, 2.24) is 0 Å². The molecule has 0 unspecified atom stereocenters. The van der Waals surface area contributed by atoms with Crippen molar-refractivity contribution in [3.63, 3.8) is 0 Å². The van der Waals surface area contributed by atoms with Gasteiger partial charge in [-0.25, -0.2) is 4.39 Å². The fourth-order valence-corrected chi connectivity index (χ4v) is 1.47. The molecule has 0 saturated heterocycles. The number of hydrogen-bond acceptors (Lipinski definition) is 3. The zero-order valence-electron chi connectivity index (χ0n) is 9.99. The first kappa shape index (κ1) is 12.2. The van der Waals surface area contributed by atoms with Gasteiger partial charge in [-0.15, -0.1) is 0 Å². The van der Waals surface area contributed by atoms with Crippen LogP contribution in [0.15, 0.2) is 34.7 Å². The number of carbonyl (C=O) groups excluding carboxylic acids is 1. The second-order valence-electron chi connectivity index (χ2n) is 3.74. The van der Waals surface area contributed by atoms with Gasteiger partial charge < -0.3 is 14.5 Å². The molecule has 0 bridgehead atoms. The van der Waals surface area contributed by atoms with Gasteiger partial charge in [0.15, 0.2) is 5.76 Å². The summed E-state index contributed by atoms with van der Waals surface area (Å²) in [6.07, 6.45) is 0. The van der Waals surface area contributed by atoms with Crippen molar-refractivity contribution in [2.45, 2.75) is 6.92 Å². The number of anilines is 1. The number of aryl methyl sites for hydroxylation is 1. The number of ether oxygens (including phenoxy) is 1. The number of amides is 1. The molecule has 1 aromatic heterocycles. The number of methoxy groups -OCH3 is 1. The van der Waals surface area contributed by atoms with E-state index < -0.39 is 5.91 Å². The van der Waals surface area contributed by atoms with Crippen LogP contribution in [0, 0.1) is 12.7 Å². The van der Waals surface area contributed by atoms with Crippen molar-refractivity contribution in [3.05, 3.63) is 47.5 Å². The number of rotatable bonds is 3. The number of benzene rings is 1. The standard InChI is InChI=1S/C13H12FNO3/c1-8-7-9(3-4-10(8)14)15-13(16)11-5-6-12(17-2)18-11/h3-7H,1-2H3,(H,15,16). The first-order chi connectivity index (χ1) is 8.60. The number of nitrogens with one attached hydrogen (secondary N) is 1. The minimum atomic E-state index is -0.413. The van der Waals surface area contributed by atoms with Crippen molar-refractivity contribution in [2.75, 3.05) is 12.4 Å². The molecule has 0 fully saturated rings. The number of hydrogen-bond donors (Lipinski definition) is 1. The van der Waals surface area contributed by atoms with Gasteiger partial charge >= 0.3 is 0 Å². The Hall–Kier alpha value is -2.30. The van der Waals surface area contributed by atoms with Crippen LogP contribution < -0.4 is 10.1 Å². The van der Waals surface area contributed by atoms with E-state index in [1.54, 1.807) is 19.1 Å². The molecule has 0 saturated carbocycles. The average Bonchev–Trinajstić information content (AvgIpc) is 2.82. The normalized spacial score (nSPS) is 10.2. The molecule has 2 aromatic rings. The molecule has 5 heteroatoms. The molecular formula is C13H12FNO3. The zero-order chi connectivity index (χ0) is 13.1. The van der Waals surface area contributed by atoms with Crippen LogP contribution in [-0.4, -0.2) is 13.0 Å². The highest BCUT2D eigenvalue weighted by Gasteiger charge is 2.12. The summed E-state index contributed by atoms with van der Waals surface area (Å²) in [5.41, 5.74) is 0.971. The summed E-state index contributed by atoms with van der Waals surface area (Å²) in [4.78, 5) is 11.8. The molecule has 4 nitrogen and oxygen atoms in total. The fourth-order valence-electron chi connectivity index (χ4n) is 1.47. The van der Waals surface area contributed by atoms with Gasteiger partial charge in [-0.2, -0.15) is 0 Å². The summed E-state index contributed by atoms with van der Waals surface area (Å²) in [6, 6.07) is 7.39. The molecule has 0 radical (unpaired) electrons. The fraction of sp³-hybridized carbons (Fsp3) is 0.154. The van der Waals surface area contributed by atoms with Gasteiger partial charge in [-0.1, -0.05) is 0 Å². The van der Waals surface area contributed by atoms with Crippen LogP contribution in [0.1, 0.15) is 16.1 Å². The Morgan fingerprint density at radius 1 is 1.33 bits per heavy atom. The van der Waals surface area contributed by atoms with Crippen molar-refractivity contribution < 1.29 is 18.3 Å². The molecule has 2 rings (SSSR count). The molecule has 0 aliphatic carbocycles. The molecule has 18 heavy (non-hydrogen) atoms. The highest BCUT2D eigenvalue weighted by molar-refractivity contribution is 6.02. The first-order valence-corrected chi connectivity index (χ1v) is 5.31. The van der Waals surface area contributed by atoms with E-state index in [0.717, 1.165) is 0 Å². The lowest BCUT2D eigenvalue weighted by Crippen LogP contribution is -2.11. The van der Waals surface area contributed by atoms with Crippen LogP contribution in [0.3, 0.4) is 0 Å². The Morgan fingerprint density at radius 3 is 2.72 bits per heavy atom. The van der Waals surface area contributed by atoms with Crippen LogP contribution in [0.5, 0.6) is 5.95 Å². The second kappa shape index (κ2) is 4.91. The largest absolute Gasteiger partial charge is 0.468 e. The predicted molar refractivity (Wildman–Crippen MR) is 64.4 cm³/mol. The van der Waals surface area contributed by atoms with Gasteiger partial charge in [0, 0.05) is 11.8 Å². The summed E-state index contributed by atoms with van der Waals surface area (Å²) < 4.78 is 23.0. The predicted octanol–water partition coefficient (Wildman–Crippen LogP) is 2.99. The lowest BCUT2D eigenvalue weighted by Gasteiger charge is -2.04. The number of halogens is 1. The van der Waals surface area contributed by atoms with E-state index in [2.05, 4.69) is 5.32 Å². The summed E-state index contributed by atoms with van der Waals surface area (Å²) in [5, 5.41) is 2.61. The van der Waals surface area contributed by atoms with Crippen molar-refractivity contribution in [3.8, 4) is 5.95 Å². The topological polar surface area (TPSA) is 51.5 Å². The lowest BCUT2D eigenvalue weighted by molar-refractivity contribution is 0.0990. The van der Waals surface area contributed by atoms with Gasteiger partial charge in [0.2, 0.25) is 0 Å². The summed E-state index contributed by atoms with van der Waals surface area (Å²) in [6.45, 7) is 1.63. The van der Waals surface area contributed by atoms with E-state index in [1.165, 1.54) is 25.3 Å². The third kappa shape index (κ3) is 2.51. The molecular weight excluding hydrogens is 237 g/mol. The van der Waals surface area contributed by atoms with Crippen molar-refractivity contribution in [1.29, 1.82) is 0 Å². The highest BCUT2D eigenvalue weighted by atomic mass is 19.1. The number of carbonyl (C=O) groups is 1. The molecule has 1 amide bonds. The molecule has 1 aromatic carbocycles. The van der Waals surface area contributed by atoms with E-state index >= 15 is 0 Å². The van der Waals surface area contributed by atoms with E-state index in [-0.39, 0.29) is 17.5 Å². The minimum Gasteiger partial charge on any atom is -0.468 e. The van der Waals surface area contributed by atoms with E-state index in [4.69, 9.17) is 9.15 Å². The summed E-state index contributed by atoms with van der Waals surface area (Å²) in [7, 11) is 1.45. The van der Waals surface area contributed by atoms with Crippen LogP contribution in [0.2, 0.25) is 0 Å². The van der Waals surface area contributed by atoms with Gasteiger partial charge in [0.05, 0.1) is 7.11 Å². The van der Waals surface area contributed by atoms with Crippen LogP contribution >= 0.6 is 0 Å². The average molecular weight is 249 g/mol. The third-order valence-electron chi connectivity index (χ3n) is 2.42. The van der Waals surface area contributed by atoms with Crippen molar-refractivity contribution >= 4 is 11.6 Å².